The summed E-state index contributed by atoms with van der Waals surface area (Å²) in [4.78, 5) is 8.64. The van der Waals surface area contributed by atoms with E-state index >= 15 is 0 Å². The number of aromatic nitrogens is 1. The molecule has 1 aromatic heterocycles. The van der Waals surface area contributed by atoms with E-state index < -0.39 is 0 Å². The van der Waals surface area contributed by atoms with Crippen molar-refractivity contribution in [3.63, 3.8) is 0 Å². The zero-order chi connectivity index (χ0) is 10.4. The molecule has 14 heavy (non-hydrogen) atoms. The highest BCUT2D eigenvalue weighted by molar-refractivity contribution is 7.09. The van der Waals surface area contributed by atoms with Crippen LogP contribution in [0.3, 0.4) is 0 Å². The van der Waals surface area contributed by atoms with Gasteiger partial charge in [0, 0.05) is 24.8 Å². The minimum absolute atomic E-state index is 0.759. The smallest absolute Gasteiger partial charge is 0.0937 e. The van der Waals surface area contributed by atoms with Gasteiger partial charge in [0.2, 0.25) is 0 Å². The Labute approximate surface area is 89.1 Å². The summed E-state index contributed by atoms with van der Waals surface area (Å²) in [5, 5.41) is 3.20. The van der Waals surface area contributed by atoms with Crippen LogP contribution < -0.4 is 5.73 Å². The lowest BCUT2D eigenvalue weighted by Crippen LogP contribution is -2.12. The molecule has 2 N–H and O–H groups in total. The average molecular weight is 211 g/mol. The first-order valence-electron chi connectivity index (χ1n) is 4.92. The maximum absolute atomic E-state index is 5.69. The standard InChI is InChI=1S/C10H17N3S/c1-3-4-10(11)12-6-5-9-7-14-8(2)13-9/h7H,3-6H2,1-2H3,(H2,11,12). The second-order valence-corrected chi connectivity index (χ2v) is 4.29. The molecule has 0 saturated heterocycles. The molecule has 0 spiro atoms. The molecule has 0 aliphatic carbocycles. The van der Waals surface area contributed by atoms with Gasteiger partial charge in [0.25, 0.3) is 0 Å². The first-order chi connectivity index (χ1) is 6.72. The number of thiazole rings is 1. The van der Waals surface area contributed by atoms with Crippen molar-refractivity contribution in [2.75, 3.05) is 6.54 Å². The van der Waals surface area contributed by atoms with E-state index in [1.54, 1.807) is 11.3 Å². The topological polar surface area (TPSA) is 51.3 Å². The van der Waals surface area contributed by atoms with Crippen LogP contribution in [-0.2, 0) is 6.42 Å². The molecule has 0 bridgehead atoms. The summed E-state index contributed by atoms with van der Waals surface area (Å²) in [5.41, 5.74) is 6.81. The Hall–Kier alpha value is -0.900. The summed E-state index contributed by atoms with van der Waals surface area (Å²) < 4.78 is 0. The molecule has 0 aliphatic heterocycles. The van der Waals surface area contributed by atoms with Gasteiger partial charge in [-0.05, 0) is 13.3 Å². The Balaban J connectivity index is 2.31. The van der Waals surface area contributed by atoms with Crippen LogP contribution in [0.5, 0.6) is 0 Å². The van der Waals surface area contributed by atoms with Crippen LogP contribution in [0.15, 0.2) is 10.4 Å². The van der Waals surface area contributed by atoms with E-state index in [2.05, 4.69) is 22.3 Å². The van der Waals surface area contributed by atoms with Gasteiger partial charge in [0.05, 0.1) is 16.5 Å². The number of aliphatic imine (C=N–C) groups is 1. The van der Waals surface area contributed by atoms with Gasteiger partial charge < -0.3 is 5.73 Å². The quantitative estimate of drug-likeness (QED) is 0.599. The number of nitrogens with two attached hydrogens (primary N) is 1. The zero-order valence-corrected chi connectivity index (χ0v) is 9.60. The van der Waals surface area contributed by atoms with Crippen molar-refractivity contribution >= 4 is 17.2 Å². The normalized spacial score (nSPS) is 12.0. The van der Waals surface area contributed by atoms with Gasteiger partial charge in [-0.25, -0.2) is 4.98 Å². The van der Waals surface area contributed by atoms with Crippen molar-refractivity contribution in [3.8, 4) is 0 Å². The number of aryl methyl sites for hydroxylation is 1. The van der Waals surface area contributed by atoms with Crippen molar-refractivity contribution in [3.05, 3.63) is 16.1 Å². The summed E-state index contributed by atoms with van der Waals surface area (Å²) in [7, 11) is 0. The number of hydrogen-bond acceptors (Lipinski definition) is 3. The van der Waals surface area contributed by atoms with Gasteiger partial charge in [0.15, 0.2) is 0 Å². The number of rotatable bonds is 5. The molecule has 3 nitrogen and oxygen atoms in total. The molecule has 1 rings (SSSR count). The van der Waals surface area contributed by atoms with E-state index in [0.717, 1.165) is 42.3 Å². The number of nitrogens with zero attached hydrogens (tertiary/aromatic N) is 2. The van der Waals surface area contributed by atoms with Crippen molar-refractivity contribution in [2.45, 2.75) is 33.1 Å². The van der Waals surface area contributed by atoms with Crippen LogP contribution in [-0.4, -0.2) is 17.4 Å². The summed E-state index contributed by atoms with van der Waals surface area (Å²) in [6.45, 7) is 4.88. The Bertz CT molecular complexity index is 304. The second kappa shape index (κ2) is 5.75. The SMILES string of the molecule is CCCC(N)=NCCc1csc(C)n1. The summed E-state index contributed by atoms with van der Waals surface area (Å²) in [6.07, 6.45) is 2.86. The minimum Gasteiger partial charge on any atom is -0.387 e. The minimum atomic E-state index is 0.759. The maximum atomic E-state index is 5.69. The molecule has 78 valence electrons. The lowest BCUT2D eigenvalue weighted by molar-refractivity contribution is 0.905. The highest BCUT2D eigenvalue weighted by Gasteiger charge is 1.97. The van der Waals surface area contributed by atoms with Gasteiger partial charge in [-0.2, -0.15) is 0 Å². The number of hydrogen-bond donors (Lipinski definition) is 1. The molecular weight excluding hydrogens is 194 g/mol. The largest absolute Gasteiger partial charge is 0.387 e. The van der Waals surface area contributed by atoms with Gasteiger partial charge in [-0.3, -0.25) is 4.99 Å². The van der Waals surface area contributed by atoms with E-state index in [0.29, 0.717) is 0 Å². The van der Waals surface area contributed by atoms with Crippen LogP contribution in [0, 0.1) is 6.92 Å². The fourth-order valence-corrected chi connectivity index (χ4v) is 1.82. The maximum Gasteiger partial charge on any atom is 0.0937 e. The average Bonchev–Trinajstić information content (AvgIpc) is 2.52. The van der Waals surface area contributed by atoms with Gasteiger partial charge >= 0.3 is 0 Å². The third-order valence-electron chi connectivity index (χ3n) is 1.86. The van der Waals surface area contributed by atoms with E-state index in [4.69, 9.17) is 5.73 Å². The van der Waals surface area contributed by atoms with Gasteiger partial charge in [-0.15, -0.1) is 11.3 Å². The molecule has 0 unspecified atom stereocenters. The molecule has 4 heteroatoms. The van der Waals surface area contributed by atoms with Crippen LogP contribution in [0.1, 0.15) is 30.5 Å². The highest BCUT2D eigenvalue weighted by atomic mass is 32.1. The van der Waals surface area contributed by atoms with Crippen molar-refractivity contribution in [1.29, 1.82) is 0 Å². The van der Waals surface area contributed by atoms with Crippen LogP contribution in [0.2, 0.25) is 0 Å². The Kier molecular flexibility index (Phi) is 4.59. The fourth-order valence-electron chi connectivity index (χ4n) is 1.17. The predicted octanol–water partition coefficient (Wildman–Crippen LogP) is 2.15. The predicted molar refractivity (Wildman–Crippen MR) is 62.0 cm³/mol. The molecule has 0 aromatic carbocycles. The molecule has 0 saturated carbocycles. The van der Waals surface area contributed by atoms with Crippen LogP contribution >= 0.6 is 11.3 Å². The van der Waals surface area contributed by atoms with Gasteiger partial charge in [-0.1, -0.05) is 6.92 Å². The molecule has 0 radical (unpaired) electrons. The molecular formula is C10H17N3S. The van der Waals surface area contributed by atoms with E-state index in [9.17, 15) is 0 Å². The monoisotopic (exact) mass is 211 g/mol. The lowest BCUT2D eigenvalue weighted by atomic mass is 10.3. The molecule has 0 atom stereocenters. The third kappa shape index (κ3) is 3.87. The molecule has 1 aromatic rings. The first-order valence-corrected chi connectivity index (χ1v) is 5.80. The van der Waals surface area contributed by atoms with Crippen molar-refractivity contribution in [2.24, 2.45) is 10.7 Å². The van der Waals surface area contributed by atoms with Crippen molar-refractivity contribution in [1.82, 2.24) is 4.98 Å². The summed E-state index contributed by atoms with van der Waals surface area (Å²) in [6, 6.07) is 0. The lowest BCUT2D eigenvalue weighted by Gasteiger charge is -1.96. The highest BCUT2D eigenvalue weighted by Crippen LogP contribution is 2.08. The summed E-state index contributed by atoms with van der Waals surface area (Å²) in [5.74, 6) is 0.763. The fraction of sp³-hybridized carbons (Fsp3) is 0.600. The van der Waals surface area contributed by atoms with E-state index in [1.807, 2.05) is 6.92 Å². The molecule has 1 heterocycles. The molecule has 0 fully saturated rings. The summed E-state index contributed by atoms with van der Waals surface area (Å²) >= 11 is 1.68. The van der Waals surface area contributed by atoms with Crippen LogP contribution in [0.4, 0.5) is 0 Å². The van der Waals surface area contributed by atoms with E-state index in [1.165, 1.54) is 0 Å². The Morgan fingerprint density at radius 3 is 3.00 bits per heavy atom. The zero-order valence-electron chi connectivity index (χ0n) is 8.79. The Morgan fingerprint density at radius 1 is 1.64 bits per heavy atom. The molecule has 0 aliphatic rings. The number of amidine groups is 1. The second-order valence-electron chi connectivity index (χ2n) is 3.23. The third-order valence-corrected chi connectivity index (χ3v) is 2.68. The Morgan fingerprint density at radius 2 is 2.43 bits per heavy atom. The van der Waals surface area contributed by atoms with Crippen molar-refractivity contribution < 1.29 is 0 Å². The van der Waals surface area contributed by atoms with Crippen LogP contribution in [0.25, 0.3) is 0 Å². The first kappa shape index (κ1) is 11.2. The van der Waals surface area contributed by atoms with Gasteiger partial charge in [0.1, 0.15) is 0 Å². The molecule has 0 amide bonds. The van der Waals surface area contributed by atoms with E-state index in [-0.39, 0.29) is 0 Å².